The van der Waals surface area contributed by atoms with Gasteiger partial charge in [0.05, 0.1) is 12.3 Å². The van der Waals surface area contributed by atoms with Crippen LogP contribution in [0, 0.1) is 0 Å². The Kier molecular flexibility index (Phi) is 6.04. The molecular weight excluding hydrogens is 328 g/mol. The maximum absolute atomic E-state index is 12.5. The number of para-hydroxylation sites is 1. The van der Waals surface area contributed by atoms with E-state index in [1.807, 2.05) is 60.7 Å². The quantitative estimate of drug-likeness (QED) is 0.687. The second kappa shape index (κ2) is 8.85. The Morgan fingerprint density at radius 1 is 1.19 bits per heavy atom. The van der Waals surface area contributed by atoms with Crippen molar-refractivity contribution < 1.29 is 14.4 Å². The Balaban J connectivity index is 1.54. The van der Waals surface area contributed by atoms with Crippen molar-refractivity contribution in [2.75, 3.05) is 19.7 Å². The van der Waals surface area contributed by atoms with Crippen LogP contribution < -0.4 is 4.74 Å². The molecule has 0 N–H and O–H groups in total. The zero-order chi connectivity index (χ0) is 18.2. The predicted molar refractivity (Wildman–Crippen MR) is 101 cm³/mol. The topological polar surface area (TPSA) is 51.1 Å². The van der Waals surface area contributed by atoms with Crippen molar-refractivity contribution in [3.05, 3.63) is 78.9 Å². The number of benzene rings is 2. The van der Waals surface area contributed by atoms with Crippen LogP contribution in [0.4, 0.5) is 0 Å². The average Bonchev–Trinajstić information content (AvgIpc) is 3.16. The van der Waals surface area contributed by atoms with Gasteiger partial charge >= 0.3 is 0 Å². The fourth-order valence-electron chi connectivity index (χ4n) is 2.76. The standard InChI is InChI=1S/C21H22N2O3/c1-2-13-23(21(24)16-25-18-11-7-4-8-12-18)15-19-14-20(22-26-19)17-9-5-3-6-10-17/h2-12,19H,1,13-16H2. The highest BCUT2D eigenvalue weighted by Gasteiger charge is 2.26. The third-order valence-corrected chi connectivity index (χ3v) is 4.07. The number of rotatable bonds is 8. The number of carbonyl (C=O) groups is 1. The monoisotopic (exact) mass is 350 g/mol. The van der Waals surface area contributed by atoms with Crippen molar-refractivity contribution in [2.45, 2.75) is 12.5 Å². The highest BCUT2D eigenvalue weighted by Crippen LogP contribution is 2.18. The first-order valence-electron chi connectivity index (χ1n) is 8.61. The lowest BCUT2D eigenvalue weighted by molar-refractivity contribution is -0.134. The van der Waals surface area contributed by atoms with Gasteiger partial charge in [-0.2, -0.15) is 0 Å². The van der Waals surface area contributed by atoms with Crippen LogP contribution in [0.2, 0.25) is 0 Å². The Hall–Kier alpha value is -3.08. The van der Waals surface area contributed by atoms with Gasteiger partial charge < -0.3 is 14.5 Å². The minimum absolute atomic E-state index is 0.0169. The number of nitrogens with zero attached hydrogens (tertiary/aromatic N) is 2. The molecular formula is C21H22N2O3. The highest BCUT2D eigenvalue weighted by molar-refractivity contribution is 6.01. The fraction of sp³-hybridized carbons (Fsp3) is 0.238. The molecule has 1 amide bonds. The maximum atomic E-state index is 12.5. The first-order valence-corrected chi connectivity index (χ1v) is 8.61. The first-order chi connectivity index (χ1) is 12.8. The average molecular weight is 350 g/mol. The van der Waals surface area contributed by atoms with E-state index in [0.29, 0.717) is 25.3 Å². The summed E-state index contributed by atoms with van der Waals surface area (Å²) >= 11 is 0. The molecule has 1 aliphatic heterocycles. The van der Waals surface area contributed by atoms with E-state index >= 15 is 0 Å². The molecule has 3 rings (SSSR count). The lowest BCUT2D eigenvalue weighted by atomic mass is 10.0. The Labute approximate surface area is 153 Å². The fourth-order valence-corrected chi connectivity index (χ4v) is 2.76. The lowest BCUT2D eigenvalue weighted by Gasteiger charge is -2.23. The minimum atomic E-state index is -0.161. The van der Waals surface area contributed by atoms with Gasteiger partial charge in [0, 0.05) is 13.0 Å². The van der Waals surface area contributed by atoms with Crippen LogP contribution in [0.25, 0.3) is 0 Å². The van der Waals surface area contributed by atoms with Gasteiger partial charge in [0.1, 0.15) is 5.75 Å². The molecule has 1 aliphatic rings. The van der Waals surface area contributed by atoms with Crippen molar-refractivity contribution in [1.29, 1.82) is 0 Å². The second-order valence-corrected chi connectivity index (χ2v) is 6.02. The molecule has 134 valence electrons. The molecule has 0 saturated heterocycles. The summed E-state index contributed by atoms with van der Waals surface area (Å²) in [7, 11) is 0. The van der Waals surface area contributed by atoms with Gasteiger partial charge in [0.25, 0.3) is 5.91 Å². The van der Waals surface area contributed by atoms with E-state index < -0.39 is 0 Å². The van der Waals surface area contributed by atoms with E-state index in [9.17, 15) is 4.79 Å². The number of hydrogen-bond donors (Lipinski definition) is 0. The van der Waals surface area contributed by atoms with Gasteiger partial charge in [-0.25, -0.2) is 0 Å². The van der Waals surface area contributed by atoms with E-state index in [1.54, 1.807) is 11.0 Å². The van der Waals surface area contributed by atoms with Gasteiger partial charge in [-0.3, -0.25) is 4.79 Å². The van der Waals surface area contributed by atoms with Crippen LogP contribution in [0.1, 0.15) is 12.0 Å². The number of ether oxygens (including phenoxy) is 1. The number of oxime groups is 1. The van der Waals surface area contributed by atoms with E-state index in [0.717, 1.165) is 11.3 Å². The van der Waals surface area contributed by atoms with Crippen LogP contribution in [0.3, 0.4) is 0 Å². The SMILES string of the molecule is C=CCN(CC1CC(c2ccccc2)=NO1)C(=O)COc1ccccc1. The summed E-state index contributed by atoms with van der Waals surface area (Å²) in [5.74, 6) is 0.566. The number of carbonyl (C=O) groups excluding carboxylic acids is 1. The summed E-state index contributed by atoms with van der Waals surface area (Å²) in [6.45, 7) is 4.61. The molecule has 2 aromatic carbocycles. The Bertz CT molecular complexity index is 759. The van der Waals surface area contributed by atoms with Crippen LogP contribution in [0.5, 0.6) is 5.75 Å². The molecule has 2 aromatic rings. The first kappa shape index (κ1) is 17.7. The summed E-state index contributed by atoms with van der Waals surface area (Å²) in [5.41, 5.74) is 1.95. The van der Waals surface area contributed by atoms with Crippen molar-refractivity contribution in [3.63, 3.8) is 0 Å². The van der Waals surface area contributed by atoms with Gasteiger partial charge in [0.15, 0.2) is 12.7 Å². The second-order valence-electron chi connectivity index (χ2n) is 6.02. The zero-order valence-corrected chi connectivity index (χ0v) is 14.6. The largest absolute Gasteiger partial charge is 0.484 e. The molecule has 0 fully saturated rings. The molecule has 1 unspecified atom stereocenters. The van der Waals surface area contributed by atoms with Crippen LogP contribution >= 0.6 is 0 Å². The summed E-state index contributed by atoms with van der Waals surface area (Å²) < 4.78 is 5.56. The van der Waals surface area contributed by atoms with Crippen molar-refractivity contribution in [3.8, 4) is 5.75 Å². The predicted octanol–water partition coefficient (Wildman–Crippen LogP) is 3.27. The Morgan fingerprint density at radius 2 is 1.88 bits per heavy atom. The smallest absolute Gasteiger partial charge is 0.260 e. The molecule has 0 bridgehead atoms. The zero-order valence-electron chi connectivity index (χ0n) is 14.6. The third-order valence-electron chi connectivity index (χ3n) is 4.07. The maximum Gasteiger partial charge on any atom is 0.260 e. The molecule has 0 aliphatic carbocycles. The summed E-state index contributed by atoms with van der Waals surface area (Å²) in [4.78, 5) is 19.7. The molecule has 0 radical (unpaired) electrons. The van der Waals surface area contributed by atoms with Crippen molar-refractivity contribution in [2.24, 2.45) is 5.16 Å². The minimum Gasteiger partial charge on any atom is -0.484 e. The van der Waals surface area contributed by atoms with Gasteiger partial charge in [-0.1, -0.05) is 59.8 Å². The molecule has 0 spiro atoms. The van der Waals surface area contributed by atoms with Gasteiger partial charge in [-0.05, 0) is 17.7 Å². The van der Waals surface area contributed by atoms with Crippen LogP contribution in [-0.2, 0) is 9.63 Å². The molecule has 5 nitrogen and oxygen atoms in total. The molecule has 5 heteroatoms. The molecule has 1 heterocycles. The van der Waals surface area contributed by atoms with E-state index in [2.05, 4.69) is 11.7 Å². The number of hydrogen-bond acceptors (Lipinski definition) is 4. The van der Waals surface area contributed by atoms with E-state index in [-0.39, 0.29) is 18.6 Å². The molecule has 0 aromatic heterocycles. The van der Waals surface area contributed by atoms with E-state index in [4.69, 9.17) is 9.57 Å². The normalized spacial score (nSPS) is 15.7. The van der Waals surface area contributed by atoms with Gasteiger partial charge in [0.2, 0.25) is 0 Å². The molecule has 26 heavy (non-hydrogen) atoms. The number of amides is 1. The Morgan fingerprint density at radius 3 is 2.58 bits per heavy atom. The summed E-state index contributed by atoms with van der Waals surface area (Å²) in [5, 5.41) is 4.18. The summed E-state index contributed by atoms with van der Waals surface area (Å²) in [6, 6.07) is 19.2. The van der Waals surface area contributed by atoms with Crippen LogP contribution in [0.15, 0.2) is 78.5 Å². The lowest BCUT2D eigenvalue weighted by Crippen LogP contribution is -2.40. The third kappa shape index (κ3) is 4.72. The molecule has 1 atom stereocenters. The highest BCUT2D eigenvalue weighted by atomic mass is 16.6. The van der Waals surface area contributed by atoms with Crippen LogP contribution in [-0.4, -0.2) is 42.3 Å². The van der Waals surface area contributed by atoms with Crippen molar-refractivity contribution >= 4 is 11.6 Å². The summed E-state index contributed by atoms with van der Waals surface area (Å²) in [6.07, 6.45) is 2.21. The van der Waals surface area contributed by atoms with Gasteiger partial charge in [-0.15, -0.1) is 6.58 Å². The molecule has 0 saturated carbocycles. The van der Waals surface area contributed by atoms with Crippen molar-refractivity contribution in [1.82, 2.24) is 4.90 Å². The van der Waals surface area contributed by atoms with E-state index in [1.165, 1.54) is 0 Å².